The second-order valence-electron chi connectivity index (χ2n) is 3.72. The Morgan fingerprint density at radius 1 is 1.37 bits per heavy atom. The summed E-state index contributed by atoms with van der Waals surface area (Å²) < 4.78 is 5.87. The lowest BCUT2D eigenvalue weighted by molar-refractivity contribution is 0.102. The SMILES string of the molecule is COc1ncncc1C(=O)Nc1cc(Br)c(C)cn1. The Balaban J connectivity index is 2.23. The van der Waals surface area contributed by atoms with Gasteiger partial charge >= 0.3 is 0 Å². The van der Waals surface area contributed by atoms with Crippen molar-refractivity contribution in [2.75, 3.05) is 12.4 Å². The van der Waals surface area contributed by atoms with Crippen molar-refractivity contribution in [3.05, 3.63) is 40.4 Å². The number of amides is 1. The average Bonchev–Trinajstić information content (AvgIpc) is 2.43. The number of methoxy groups -OCH3 is 1. The highest BCUT2D eigenvalue weighted by Gasteiger charge is 2.14. The summed E-state index contributed by atoms with van der Waals surface area (Å²) in [5, 5.41) is 2.66. The van der Waals surface area contributed by atoms with Crippen molar-refractivity contribution < 1.29 is 9.53 Å². The van der Waals surface area contributed by atoms with Crippen LogP contribution in [0.2, 0.25) is 0 Å². The van der Waals surface area contributed by atoms with E-state index in [4.69, 9.17) is 4.74 Å². The van der Waals surface area contributed by atoms with Crippen LogP contribution in [0.25, 0.3) is 0 Å². The van der Waals surface area contributed by atoms with E-state index in [2.05, 4.69) is 36.2 Å². The maximum Gasteiger partial charge on any atom is 0.263 e. The summed E-state index contributed by atoms with van der Waals surface area (Å²) in [6.45, 7) is 1.91. The summed E-state index contributed by atoms with van der Waals surface area (Å²) in [5.74, 6) is 0.285. The number of carbonyl (C=O) groups excluding carboxylic acids is 1. The number of carbonyl (C=O) groups is 1. The largest absolute Gasteiger partial charge is 0.480 e. The molecular formula is C12H11BrN4O2. The molecule has 0 aliphatic carbocycles. The van der Waals surface area contributed by atoms with Crippen molar-refractivity contribution in [1.82, 2.24) is 15.0 Å². The summed E-state index contributed by atoms with van der Waals surface area (Å²) in [7, 11) is 1.44. The molecule has 0 spiro atoms. The Labute approximate surface area is 118 Å². The van der Waals surface area contributed by atoms with Crippen LogP contribution in [0.3, 0.4) is 0 Å². The fraction of sp³-hybridized carbons (Fsp3) is 0.167. The fourth-order valence-electron chi connectivity index (χ4n) is 1.39. The molecule has 1 amide bonds. The zero-order valence-electron chi connectivity index (χ0n) is 10.3. The van der Waals surface area contributed by atoms with Crippen molar-refractivity contribution in [2.45, 2.75) is 6.92 Å². The summed E-state index contributed by atoms with van der Waals surface area (Å²) in [4.78, 5) is 23.9. The normalized spacial score (nSPS) is 10.1. The fourth-order valence-corrected chi connectivity index (χ4v) is 1.71. The molecule has 0 aliphatic rings. The maximum absolute atomic E-state index is 12.1. The molecule has 2 heterocycles. The number of nitrogens with one attached hydrogen (secondary N) is 1. The molecule has 0 atom stereocenters. The third-order valence-electron chi connectivity index (χ3n) is 2.39. The highest BCUT2D eigenvalue weighted by Crippen LogP contribution is 2.19. The molecule has 0 unspecified atom stereocenters. The van der Waals surface area contributed by atoms with Crippen LogP contribution < -0.4 is 10.1 Å². The van der Waals surface area contributed by atoms with Gasteiger partial charge in [0.05, 0.1) is 7.11 Å². The van der Waals surface area contributed by atoms with Crippen LogP contribution >= 0.6 is 15.9 Å². The zero-order chi connectivity index (χ0) is 13.8. The predicted octanol–water partition coefficient (Wildman–Crippen LogP) is 2.20. The molecule has 0 aliphatic heterocycles. The van der Waals surface area contributed by atoms with Gasteiger partial charge in [-0.1, -0.05) is 15.9 Å². The summed E-state index contributed by atoms with van der Waals surface area (Å²) >= 11 is 3.38. The first-order valence-corrected chi connectivity index (χ1v) is 6.18. The smallest absolute Gasteiger partial charge is 0.263 e. The van der Waals surface area contributed by atoms with Gasteiger partial charge in [-0.05, 0) is 18.6 Å². The van der Waals surface area contributed by atoms with E-state index >= 15 is 0 Å². The Morgan fingerprint density at radius 3 is 2.84 bits per heavy atom. The molecule has 0 saturated heterocycles. The summed E-state index contributed by atoms with van der Waals surface area (Å²) in [6.07, 6.45) is 4.37. The number of aromatic nitrogens is 3. The summed E-state index contributed by atoms with van der Waals surface area (Å²) in [6, 6.07) is 1.73. The highest BCUT2D eigenvalue weighted by molar-refractivity contribution is 9.10. The molecule has 7 heteroatoms. The van der Waals surface area contributed by atoms with Crippen LogP contribution in [0.5, 0.6) is 5.88 Å². The topological polar surface area (TPSA) is 77.0 Å². The number of hydrogen-bond donors (Lipinski definition) is 1. The van der Waals surface area contributed by atoms with Gasteiger partial charge in [-0.25, -0.2) is 15.0 Å². The van der Waals surface area contributed by atoms with Gasteiger partial charge in [0, 0.05) is 16.9 Å². The minimum Gasteiger partial charge on any atom is -0.480 e. The van der Waals surface area contributed by atoms with Crippen molar-refractivity contribution in [3.63, 3.8) is 0 Å². The van der Waals surface area contributed by atoms with Crippen LogP contribution in [0.1, 0.15) is 15.9 Å². The van der Waals surface area contributed by atoms with E-state index in [9.17, 15) is 4.79 Å². The molecule has 0 fully saturated rings. The molecule has 2 rings (SSSR count). The minimum atomic E-state index is -0.374. The Kier molecular flexibility index (Phi) is 4.06. The van der Waals surface area contributed by atoms with Crippen molar-refractivity contribution in [3.8, 4) is 5.88 Å². The third-order valence-corrected chi connectivity index (χ3v) is 3.25. The van der Waals surface area contributed by atoms with Crippen molar-refractivity contribution in [2.24, 2.45) is 0 Å². The van der Waals surface area contributed by atoms with Gasteiger partial charge in [0.2, 0.25) is 5.88 Å². The van der Waals surface area contributed by atoms with Gasteiger partial charge in [0.1, 0.15) is 17.7 Å². The third kappa shape index (κ3) is 3.05. The van der Waals surface area contributed by atoms with E-state index in [1.807, 2.05) is 6.92 Å². The first-order chi connectivity index (χ1) is 9.11. The van der Waals surface area contributed by atoms with Gasteiger partial charge in [-0.15, -0.1) is 0 Å². The van der Waals surface area contributed by atoms with Gasteiger partial charge in [-0.3, -0.25) is 4.79 Å². The predicted molar refractivity (Wildman–Crippen MR) is 73.2 cm³/mol. The Morgan fingerprint density at radius 2 is 2.16 bits per heavy atom. The number of aryl methyl sites for hydroxylation is 1. The number of ether oxygens (including phenoxy) is 1. The van der Waals surface area contributed by atoms with Gasteiger partial charge in [0.25, 0.3) is 5.91 Å². The highest BCUT2D eigenvalue weighted by atomic mass is 79.9. The first-order valence-electron chi connectivity index (χ1n) is 5.39. The van der Waals surface area contributed by atoms with Crippen molar-refractivity contribution >= 4 is 27.7 Å². The van der Waals surface area contributed by atoms with E-state index in [0.29, 0.717) is 5.82 Å². The minimum absolute atomic E-state index is 0.221. The second kappa shape index (κ2) is 5.75. The molecule has 2 aromatic rings. The van der Waals surface area contributed by atoms with Crippen LogP contribution in [0.4, 0.5) is 5.82 Å². The molecule has 0 bridgehead atoms. The van der Waals surface area contributed by atoms with Gasteiger partial charge in [0.15, 0.2) is 0 Å². The Hall–Kier alpha value is -2.02. The van der Waals surface area contributed by atoms with Crippen molar-refractivity contribution in [1.29, 1.82) is 0 Å². The standard InChI is InChI=1S/C12H11BrN4O2/c1-7-4-15-10(3-9(7)13)17-11(18)8-5-14-6-16-12(8)19-2/h3-6H,1-2H3,(H,15,17,18). The molecular weight excluding hydrogens is 312 g/mol. The van der Waals surface area contributed by atoms with Gasteiger partial charge in [-0.2, -0.15) is 0 Å². The lowest BCUT2D eigenvalue weighted by Crippen LogP contribution is -2.15. The molecule has 0 saturated carbocycles. The van der Waals surface area contributed by atoms with Crippen LogP contribution in [-0.2, 0) is 0 Å². The molecule has 2 aromatic heterocycles. The number of anilines is 1. The van der Waals surface area contributed by atoms with Gasteiger partial charge < -0.3 is 10.1 Å². The monoisotopic (exact) mass is 322 g/mol. The average molecular weight is 323 g/mol. The second-order valence-corrected chi connectivity index (χ2v) is 4.57. The quantitative estimate of drug-likeness (QED) is 0.937. The number of nitrogens with zero attached hydrogens (tertiary/aromatic N) is 3. The zero-order valence-corrected chi connectivity index (χ0v) is 11.9. The van der Waals surface area contributed by atoms with E-state index in [1.165, 1.54) is 19.6 Å². The molecule has 0 radical (unpaired) electrons. The van der Waals surface area contributed by atoms with E-state index in [0.717, 1.165) is 10.0 Å². The van der Waals surface area contributed by atoms with E-state index < -0.39 is 0 Å². The molecule has 1 N–H and O–H groups in total. The maximum atomic E-state index is 12.1. The molecule has 0 aromatic carbocycles. The lowest BCUT2D eigenvalue weighted by Gasteiger charge is -2.07. The van der Waals surface area contributed by atoms with E-state index in [1.54, 1.807) is 12.3 Å². The number of hydrogen-bond acceptors (Lipinski definition) is 5. The van der Waals surface area contributed by atoms with E-state index in [-0.39, 0.29) is 17.4 Å². The number of pyridine rings is 1. The molecule has 98 valence electrons. The number of halogens is 1. The molecule has 19 heavy (non-hydrogen) atoms. The molecule has 6 nitrogen and oxygen atoms in total. The van der Waals surface area contributed by atoms with Crippen LogP contribution in [-0.4, -0.2) is 28.0 Å². The van der Waals surface area contributed by atoms with Crippen LogP contribution in [0.15, 0.2) is 29.3 Å². The first kappa shape index (κ1) is 13.4. The lowest BCUT2D eigenvalue weighted by atomic mass is 10.3. The Bertz CT molecular complexity index is 618. The van der Waals surface area contributed by atoms with Crippen LogP contribution in [0, 0.1) is 6.92 Å². The number of rotatable bonds is 3. The summed E-state index contributed by atoms with van der Waals surface area (Å²) in [5.41, 5.74) is 1.24.